The van der Waals surface area contributed by atoms with Gasteiger partial charge in [-0.3, -0.25) is 14.5 Å². The van der Waals surface area contributed by atoms with E-state index in [0.29, 0.717) is 11.4 Å². The highest BCUT2D eigenvalue weighted by atomic mass is 32.1. The second-order valence-electron chi connectivity index (χ2n) is 6.96. The number of benzene rings is 1. The number of likely N-dealkylation sites (tertiary alicyclic amines) is 1. The van der Waals surface area contributed by atoms with E-state index in [2.05, 4.69) is 15.5 Å². The van der Waals surface area contributed by atoms with Gasteiger partial charge in [0.05, 0.1) is 11.4 Å². The van der Waals surface area contributed by atoms with E-state index in [1.807, 2.05) is 13.0 Å². The summed E-state index contributed by atoms with van der Waals surface area (Å²) in [6.07, 6.45) is 1.54. The van der Waals surface area contributed by atoms with Crippen LogP contribution in [-0.4, -0.2) is 42.4 Å². The third-order valence-corrected chi connectivity index (χ3v) is 5.72. The summed E-state index contributed by atoms with van der Waals surface area (Å²) in [6.45, 7) is 3.93. The minimum absolute atomic E-state index is 0.0505. The van der Waals surface area contributed by atoms with Gasteiger partial charge in [-0.05, 0) is 49.6 Å². The van der Waals surface area contributed by atoms with Crippen molar-refractivity contribution in [3.05, 3.63) is 57.3 Å². The first kappa shape index (κ1) is 20.4. The van der Waals surface area contributed by atoms with Crippen LogP contribution in [0, 0.1) is 18.6 Å². The Morgan fingerprint density at radius 1 is 1.14 bits per heavy atom. The van der Waals surface area contributed by atoms with Crippen LogP contribution in [0.1, 0.15) is 33.0 Å². The predicted molar refractivity (Wildman–Crippen MR) is 104 cm³/mol. The SMILES string of the molecule is Cc1ccc(C(=O)NCC(=O)NC2CCN(Cc3ccc(F)c(F)c3)CC2)s1. The van der Waals surface area contributed by atoms with Crippen LogP contribution in [0.3, 0.4) is 0 Å². The van der Waals surface area contributed by atoms with Crippen molar-refractivity contribution in [2.45, 2.75) is 32.4 Å². The van der Waals surface area contributed by atoms with Crippen molar-refractivity contribution >= 4 is 23.2 Å². The first-order valence-electron chi connectivity index (χ1n) is 9.21. The number of hydrogen-bond acceptors (Lipinski definition) is 4. The summed E-state index contributed by atoms with van der Waals surface area (Å²) in [5, 5.41) is 5.58. The molecule has 0 saturated carbocycles. The molecular weight excluding hydrogens is 384 g/mol. The lowest BCUT2D eigenvalue weighted by molar-refractivity contribution is -0.121. The van der Waals surface area contributed by atoms with Crippen LogP contribution in [0.4, 0.5) is 8.78 Å². The summed E-state index contributed by atoms with van der Waals surface area (Å²) >= 11 is 1.39. The quantitative estimate of drug-likeness (QED) is 0.774. The maximum atomic E-state index is 13.3. The Bertz CT molecular complexity index is 848. The standard InChI is InChI=1S/C20H23F2N3O2S/c1-13-2-5-18(28-13)20(27)23-11-19(26)24-15-6-8-25(9-7-15)12-14-3-4-16(21)17(22)10-14/h2-5,10,15H,6-9,11-12H2,1H3,(H,23,27)(H,24,26). The van der Waals surface area contributed by atoms with Gasteiger partial charge in [-0.25, -0.2) is 8.78 Å². The average molecular weight is 407 g/mol. The number of carbonyl (C=O) groups is 2. The molecule has 0 bridgehead atoms. The van der Waals surface area contributed by atoms with Gasteiger partial charge in [-0.1, -0.05) is 6.07 Å². The van der Waals surface area contributed by atoms with Crippen LogP contribution in [-0.2, 0) is 11.3 Å². The van der Waals surface area contributed by atoms with Gasteiger partial charge in [-0.2, -0.15) is 0 Å². The Kier molecular flexibility index (Phi) is 6.74. The minimum Gasteiger partial charge on any atom is -0.352 e. The number of piperidine rings is 1. The van der Waals surface area contributed by atoms with Crippen molar-refractivity contribution in [1.29, 1.82) is 0 Å². The van der Waals surface area contributed by atoms with Gasteiger partial charge >= 0.3 is 0 Å². The van der Waals surface area contributed by atoms with E-state index in [9.17, 15) is 18.4 Å². The average Bonchev–Trinajstić information content (AvgIpc) is 3.11. The Balaban J connectivity index is 1.38. The fraction of sp³-hybridized carbons (Fsp3) is 0.400. The number of rotatable bonds is 6. The van der Waals surface area contributed by atoms with Crippen LogP contribution >= 0.6 is 11.3 Å². The van der Waals surface area contributed by atoms with Gasteiger partial charge in [0.2, 0.25) is 5.91 Å². The maximum absolute atomic E-state index is 13.3. The van der Waals surface area contributed by atoms with Gasteiger partial charge in [0.1, 0.15) is 0 Å². The van der Waals surface area contributed by atoms with Crippen molar-refractivity contribution in [2.75, 3.05) is 19.6 Å². The summed E-state index contributed by atoms with van der Waals surface area (Å²) in [5.74, 6) is -2.12. The van der Waals surface area contributed by atoms with Gasteiger partial charge < -0.3 is 10.6 Å². The van der Waals surface area contributed by atoms with Gasteiger partial charge in [-0.15, -0.1) is 11.3 Å². The van der Waals surface area contributed by atoms with Crippen molar-refractivity contribution in [1.82, 2.24) is 15.5 Å². The third-order valence-electron chi connectivity index (χ3n) is 4.72. The van der Waals surface area contributed by atoms with Crippen molar-refractivity contribution in [3.8, 4) is 0 Å². The molecule has 5 nitrogen and oxygen atoms in total. The lowest BCUT2D eigenvalue weighted by atomic mass is 10.0. The summed E-state index contributed by atoms with van der Waals surface area (Å²) in [4.78, 5) is 27.8. The molecule has 3 rings (SSSR count). The molecular formula is C20H23F2N3O2S. The molecule has 2 amide bonds. The number of nitrogens with zero attached hydrogens (tertiary/aromatic N) is 1. The summed E-state index contributed by atoms with van der Waals surface area (Å²) in [5.41, 5.74) is 0.730. The van der Waals surface area contributed by atoms with Gasteiger partial charge in [0.15, 0.2) is 11.6 Å². The molecule has 1 aromatic heterocycles. The van der Waals surface area contributed by atoms with Gasteiger partial charge in [0.25, 0.3) is 5.91 Å². The first-order chi connectivity index (χ1) is 13.4. The Hall–Kier alpha value is -2.32. The summed E-state index contributed by atoms with van der Waals surface area (Å²) < 4.78 is 26.3. The molecule has 28 heavy (non-hydrogen) atoms. The zero-order chi connectivity index (χ0) is 20.1. The molecule has 2 heterocycles. The maximum Gasteiger partial charge on any atom is 0.261 e. The second-order valence-corrected chi connectivity index (χ2v) is 8.25. The molecule has 0 spiro atoms. The molecule has 1 aliphatic rings. The molecule has 2 N–H and O–H groups in total. The predicted octanol–water partition coefficient (Wildman–Crippen LogP) is 2.85. The van der Waals surface area contributed by atoms with Crippen LogP contribution in [0.5, 0.6) is 0 Å². The van der Waals surface area contributed by atoms with E-state index >= 15 is 0 Å². The highest BCUT2D eigenvalue weighted by Crippen LogP contribution is 2.16. The van der Waals surface area contributed by atoms with Crippen molar-refractivity contribution in [2.24, 2.45) is 0 Å². The molecule has 0 atom stereocenters. The number of halogens is 2. The van der Waals surface area contributed by atoms with E-state index in [0.717, 1.165) is 42.4 Å². The van der Waals surface area contributed by atoms with E-state index in [1.54, 1.807) is 12.1 Å². The van der Waals surface area contributed by atoms with Crippen LogP contribution in [0.25, 0.3) is 0 Å². The Morgan fingerprint density at radius 2 is 1.89 bits per heavy atom. The van der Waals surface area contributed by atoms with Crippen molar-refractivity contribution < 1.29 is 18.4 Å². The number of nitrogens with one attached hydrogen (secondary N) is 2. The Labute approximate surface area is 166 Å². The largest absolute Gasteiger partial charge is 0.352 e. The zero-order valence-electron chi connectivity index (χ0n) is 15.6. The Morgan fingerprint density at radius 3 is 2.54 bits per heavy atom. The van der Waals surface area contributed by atoms with E-state index in [-0.39, 0.29) is 24.4 Å². The number of carbonyl (C=O) groups excluding carboxylic acids is 2. The second kappa shape index (κ2) is 9.25. The molecule has 1 fully saturated rings. The van der Waals surface area contributed by atoms with Crippen molar-refractivity contribution in [3.63, 3.8) is 0 Å². The number of hydrogen-bond donors (Lipinski definition) is 2. The molecule has 0 aliphatic carbocycles. The molecule has 1 aliphatic heterocycles. The molecule has 8 heteroatoms. The van der Waals surface area contributed by atoms with Crippen LogP contribution in [0.2, 0.25) is 0 Å². The third kappa shape index (κ3) is 5.59. The summed E-state index contributed by atoms with van der Waals surface area (Å²) in [6, 6.07) is 7.62. The first-order valence-corrected chi connectivity index (χ1v) is 10.0. The van der Waals surface area contributed by atoms with E-state index < -0.39 is 11.6 Å². The highest BCUT2D eigenvalue weighted by Gasteiger charge is 2.21. The smallest absolute Gasteiger partial charge is 0.261 e. The highest BCUT2D eigenvalue weighted by molar-refractivity contribution is 7.13. The minimum atomic E-state index is -0.841. The number of amides is 2. The fourth-order valence-electron chi connectivity index (χ4n) is 3.21. The monoisotopic (exact) mass is 407 g/mol. The lowest BCUT2D eigenvalue weighted by Crippen LogP contribution is -2.47. The molecule has 0 unspecified atom stereocenters. The molecule has 1 aromatic carbocycles. The fourth-order valence-corrected chi connectivity index (χ4v) is 4.00. The van der Waals surface area contributed by atoms with Gasteiger partial charge in [0, 0.05) is 30.6 Å². The zero-order valence-corrected chi connectivity index (χ0v) is 16.5. The van der Waals surface area contributed by atoms with E-state index in [1.165, 1.54) is 17.4 Å². The summed E-state index contributed by atoms with van der Waals surface area (Å²) in [7, 11) is 0. The number of thiophene rings is 1. The lowest BCUT2D eigenvalue weighted by Gasteiger charge is -2.32. The molecule has 150 valence electrons. The van der Waals surface area contributed by atoms with Crippen LogP contribution < -0.4 is 10.6 Å². The molecule has 0 radical (unpaired) electrons. The van der Waals surface area contributed by atoms with E-state index in [4.69, 9.17) is 0 Å². The normalized spacial score (nSPS) is 15.4. The van der Waals surface area contributed by atoms with Crippen LogP contribution in [0.15, 0.2) is 30.3 Å². The topological polar surface area (TPSA) is 61.4 Å². The molecule has 1 saturated heterocycles. The molecule has 2 aromatic rings. The number of aryl methyl sites for hydroxylation is 1.